The van der Waals surface area contributed by atoms with E-state index in [1.54, 1.807) is 0 Å². The van der Waals surface area contributed by atoms with Crippen molar-refractivity contribution in [2.24, 2.45) is 0 Å². The van der Waals surface area contributed by atoms with E-state index in [-0.39, 0.29) is 0 Å². The SMILES string of the molecule is Cc1ccc(C2=C(c3ccccc3)OCCS2)cc1. The Morgan fingerprint density at radius 2 is 1.63 bits per heavy atom. The summed E-state index contributed by atoms with van der Waals surface area (Å²) in [6.07, 6.45) is 0. The van der Waals surface area contributed by atoms with Gasteiger partial charge in [-0.1, -0.05) is 60.2 Å². The molecule has 0 aliphatic carbocycles. The molecule has 19 heavy (non-hydrogen) atoms. The van der Waals surface area contributed by atoms with Crippen LogP contribution in [0.15, 0.2) is 54.6 Å². The molecule has 2 aromatic rings. The molecule has 0 saturated carbocycles. The van der Waals surface area contributed by atoms with Gasteiger partial charge in [-0.2, -0.15) is 0 Å². The largest absolute Gasteiger partial charge is 0.491 e. The van der Waals surface area contributed by atoms with Gasteiger partial charge < -0.3 is 4.74 Å². The summed E-state index contributed by atoms with van der Waals surface area (Å²) in [6, 6.07) is 19.0. The summed E-state index contributed by atoms with van der Waals surface area (Å²) in [5, 5.41) is 0. The molecule has 0 aromatic heterocycles. The summed E-state index contributed by atoms with van der Waals surface area (Å²) in [5.41, 5.74) is 3.69. The van der Waals surface area contributed by atoms with Crippen LogP contribution in [0.5, 0.6) is 0 Å². The number of benzene rings is 2. The van der Waals surface area contributed by atoms with Crippen LogP contribution in [0.4, 0.5) is 0 Å². The Morgan fingerprint density at radius 1 is 0.895 bits per heavy atom. The average Bonchev–Trinajstić information content (AvgIpc) is 2.49. The lowest BCUT2D eigenvalue weighted by Gasteiger charge is -2.21. The van der Waals surface area contributed by atoms with Gasteiger partial charge in [0.25, 0.3) is 0 Å². The Balaban J connectivity index is 2.08. The van der Waals surface area contributed by atoms with Crippen molar-refractivity contribution in [2.45, 2.75) is 6.92 Å². The Hall–Kier alpha value is -1.67. The molecule has 2 aromatic carbocycles. The highest BCUT2D eigenvalue weighted by Gasteiger charge is 2.17. The maximum Gasteiger partial charge on any atom is 0.140 e. The Kier molecular flexibility index (Phi) is 3.60. The summed E-state index contributed by atoms with van der Waals surface area (Å²) in [7, 11) is 0. The van der Waals surface area contributed by atoms with E-state index in [9.17, 15) is 0 Å². The van der Waals surface area contributed by atoms with Crippen LogP contribution < -0.4 is 0 Å². The molecule has 2 heteroatoms. The molecule has 0 bridgehead atoms. The van der Waals surface area contributed by atoms with Gasteiger partial charge >= 0.3 is 0 Å². The van der Waals surface area contributed by atoms with E-state index >= 15 is 0 Å². The van der Waals surface area contributed by atoms with Gasteiger partial charge in [0.15, 0.2) is 0 Å². The molecule has 1 nitrogen and oxygen atoms in total. The average molecular weight is 268 g/mol. The van der Waals surface area contributed by atoms with E-state index in [2.05, 4.69) is 55.5 Å². The van der Waals surface area contributed by atoms with Crippen molar-refractivity contribution in [2.75, 3.05) is 12.4 Å². The van der Waals surface area contributed by atoms with Crippen molar-refractivity contribution in [1.29, 1.82) is 0 Å². The maximum atomic E-state index is 5.92. The summed E-state index contributed by atoms with van der Waals surface area (Å²) < 4.78 is 5.92. The first-order chi connectivity index (χ1) is 9.34. The molecule has 0 spiro atoms. The summed E-state index contributed by atoms with van der Waals surface area (Å²) in [4.78, 5) is 1.25. The fourth-order valence-electron chi connectivity index (χ4n) is 2.14. The fourth-order valence-corrected chi connectivity index (χ4v) is 3.12. The number of hydrogen-bond acceptors (Lipinski definition) is 2. The van der Waals surface area contributed by atoms with E-state index in [0.717, 1.165) is 23.7 Å². The molecule has 0 unspecified atom stereocenters. The second-order valence-electron chi connectivity index (χ2n) is 4.59. The van der Waals surface area contributed by atoms with Crippen LogP contribution in [0.2, 0.25) is 0 Å². The second-order valence-corrected chi connectivity index (χ2v) is 5.69. The normalized spacial score (nSPS) is 15.2. The number of ether oxygens (including phenoxy) is 1. The van der Waals surface area contributed by atoms with Crippen LogP contribution in [0.1, 0.15) is 16.7 Å². The molecule has 1 aliphatic rings. The lowest BCUT2D eigenvalue weighted by molar-refractivity contribution is 0.301. The third kappa shape index (κ3) is 2.69. The molecule has 0 fully saturated rings. The topological polar surface area (TPSA) is 9.23 Å². The lowest BCUT2D eigenvalue weighted by Crippen LogP contribution is -2.05. The van der Waals surface area contributed by atoms with Crippen molar-refractivity contribution in [3.05, 3.63) is 71.3 Å². The Bertz CT molecular complexity index is 584. The summed E-state index contributed by atoms with van der Waals surface area (Å²) in [6.45, 7) is 2.89. The number of aryl methyl sites for hydroxylation is 1. The number of thioether (sulfide) groups is 1. The second kappa shape index (κ2) is 5.54. The van der Waals surface area contributed by atoms with Gasteiger partial charge in [0.2, 0.25) is 0 Å². The zero-order valence-electron chi connectivity index (χ0n) is 10.9. The first kappa shape index (κ1) is 12.4. The summed E-state index contributed by atoms with van der Waals surface area (Å²) in [5.74, 6) is 2.03. The molecule has 3 rings (SSSR count). The van der Waals surface area contributed by atoms with Crippen LogP contribution in [0.25, 0.3) is 10.7 Å². The van der Waals surface area contributed by atoms with Gasteiger partial charge in [0.05, 0.1) is 11.5 Å². The van der Waals surface area contributed by atoms with Gasteiger partial charge in [-0.05, 0) is 12.5 Å². The predicted molar refractivity (Wildman–Crippen MR) is 82.8 cm³/mol. The zero-order valence-corrected chi connectivity index (χ0v) is 11.7. The van der Waals surface area contributed by atoms with E-state index < -0.39 is 0 Å². The number of hydrogen-bond donors (Lipinski definition) is 0. The molecule has 1 heterocycles. The zero-order chi connectivity index (χ0) is 13.1. The monoisotopic (exact) mass is 268 g/mol. The molecule has 0 amide bonds. The van der Waals surface area contributed by atoms with Crippen molar-refractivity contribution in [1.82, 2.24) is 0 Å². The minimum absolute atomic E-state index is 0.782. The third-order valence-electron chi connectivity index (χ3n) is 3.13. The van der Waals surface area contributed by atoms with E-state index in [1.807, 2.05) is 17.8 Å². The van der Waals surface area contributed by atoms with Crippen LogP contribution in [-0.4, -0.2) is 12.4 Å². The van der Waals surface area contributed by atoms with Gasteiger partial charge in [0, 0.05) is 11.3 Å². The molecule has 0 radical (unpaired) electrons. The minimum atomic E-state index is 0.782. The van der Waals surface area contributed by atoms with E-state index in [4.69, 9.17) is 4.74 Å². The van der Waals surface area contributed by atoms with Crippen molar-refractivity contribution in [3.63, 3.8) is 0 Å². The van der Waals surface area contributed by atoms with Crippen molar-refractivity contribution < 1.29 is 4.74 Å². The van der Waals surface area contributed by atoms with Crippen molar-refractivity contribution >= 4 is 22.4 Å². The molecule has 0 saturated heterocycles. The fraction of sp³-hybridized carbons (Fsp3) is 0.176. The highest BCUT2D eigenvalue weighted by molar-refractivity contribution is 8.08. The third-order valence-corrected chi connectivity index (χ3v) is 4.21. The van der Waals surface area contributed by atoms with Gasteiger partial charge in [-0.3, -0.25) is 0 Å². The highest BCUT2D eigenvalue weighted by atomic mass is 32.2. The maximum absolute atomic E-state index is 5.92. The highest BCUT2D eigenvalue weighted by Crippen LogP contribution is 2.39. The van der Waals surface area contributed by atoms with Gasteiger partial charge in [0.1, 0.15) is 5.76 Å². The molecule has 0 N–H and O–H groups in total. The first-order valence-electron chi connectivity index (χ1n) is 6.47. The Morgan fingerprint density at radius 3 is 2.37 bits per heavy atom. The molecular formula is C17H16OS. The van der Waals surface area contributed by atoms with E-state index in [0.29, 0.717) is 0 Å². The molecule has 1 aliphatic heterocycles. The number of rotatable bonds is 2. The molecule has 0 atom stereocenters. The summed E-state index contributed by atoms with van der Waals surface area (Å²) >= 11 is 1.88. The molecule has 96 valence electrons. The van der Waals surface area contributed by atoms with Gasteiger partial charge in [-0.15, -0.1) is 11.8 Å². The lowest BCUT2D eigenvalue weighted by atomic mass is 10.1. The molecular weight excluding hydrogens is 252 g/mol. The van der Waals surface area contributed by atoms with Crippen LogP contribution in [-0.2, 0) is 4.74 Å². The van der Waals surface area contributed by atoms with Crippen LogP contribution in [0.3, 0.4) is 0 Å². The minimum Gasteiger partial charge on any atom is -0.491 e. The quantitative estimate of drug-likeness (QED) is 0.788. The van der Waals surface area contributed by atoms with Gasteiger partial charge in [-0.25, -0.2) is 0 Å². The predicted octanol–water partition coefficient (Wildman–Crippen LogP) is 4.58. The smallest absolute Gasteiger partial charge is 0.140 e. The van der Waals surface area contributed by atoms with E-state index in [1.165, 1.54) is 16.0 Å². The van der Waals surface area contributed by atoms with Crippen molar-refractivity contribution in [3.8, 4) is 0 Å². The standard InChI is InChI=1S/C17H16OS/c1-13-7-9-15(10-8-13)17-16(18-11-12-19-17)14-5-3-2-4-6-14/h2-10H,11-12H2,1H3. The first-order valence-corrected chi connectivity index (χ1v) is 7.45. The van der Waals surface area contributed by atoms with Crippen LogP contribution >= 0.6 is 11.8 Å². The Labute approximate surface area is 118 Å². The van der Waals surface area contributed by atoms with Crippen LogP contribution in [0, 0.1) is 6.92 Å².